The zero-order chi connectivity index (χ0) is 25.7. The molecule has 36 heavy (non-hydrogen) atoms. The van der Waals surface area contributed by atoms with Crippen LogP contribution in [0.25, 0.3) is 4.85 Å². The molecule has 1 aromatic rings. The summed E-state index contributed by atoms with van der Waals surface area (Å²) in [6, 6.07) is 6.91. The second kappa shape index (κ2) is 9.42. The smallest absolute Gasteiger partial charge is 0.282 e. The molecular formula is C30H39NO4S. The third-order valence-electron chi connectivity index (χ3n) is 10.2. The van der Waals surface area contributed by atoms with E-state index in [2.05, 4.69) is 24.8 Å². The quantitative estimate of drug-likeness (QED) is 0.247. The van der Waals surface area contributed by atoms with Crippen molar-refractivity contribution >= 4 is 9.84 Å². The van der Waals surface area contributed by atoms with Crippen molar-refractivity contribution in [3.05, 3.63) is 63.5 Å². The number of hydrogen-bond donors (Lipinski definition) is 0. The van der Waals surface area contributed by atoms with E-state index in [1.54, 1.807) is 24.8 Å². The van der Waals surface area contributed by atoms with Gasteiger partial charge >= 0.3 is 0 Å². The van der Waals surface area contributed by atoms with Crippen LogP contribution < -0.4 is 0 Å². The Morgan fingerprint density at radius 1 is 1.08 bits per heavy atom. The number of benzene rings is 1. The van der Waals surface area contributed by atoms with Crippen LogP contribution in [0.5, 0.6) is 0 Å². The molecule has 0 amide bonds. The molecule has 3 saturated carbocycles. The molecule has 4 aliphatic carbocycles. The zero-order valence-electron chi connectivity index (χ0n) is 22.0. The summed E-state index contributed by atoms with van der Waals surface area (Å²) >= 11 is 0. The maximum Gasteiger partial charge on any atom is 0.282 e. The Bertz CT molecular complexity index is 1220. The van der Waals surface area contributed by atoms with Gasteiger partial charge < -0.3 is 9.47 Å². The van der Waals surface area contributed by atoms with Gasteiger partial charge in [-0.15, -0.1) is 0 Å². The highest BCUT2D eigenvalue weighted by Gasteiger charge is 2.58. The minimum absolute atomic E-state index is 0.0103. The normalized spacial score (nSPS) is 37.2. The standard InChI is InChI=1S/C30H39NO4S/c1-20-6-9-23(10-7-20)36(32,33)28(31-4)27-13-12-25-24-11-8-21-18-22(35-19-34-5)14-16-29(21,2)26(24)15-17-30(25,27)3/h6-10,22,24-26H,11-19H2,1-3,5H3/t22-,24-,25-,26-,29-,30-/m0/s1. The lowest BCUT2D eigenvalue weighted by atomic mass is 9.48. The number of fused-ring (bicyclic) bond motifs is 5. The van der Waals surface area contributed by atoms with Crippen LogP contribution in [0.1, 0.15) is 70.8 Å². The van der Waals surface area contributed by atoms with Gasteiger partial charge in [-0.1, -0.05) is 43.2 Å². The molecule has 0 radical (unpaired) electrons. The fraction of sp³-hybridized carbons (Fsp3) is 0.633. The van der Waals surface area contributed by atoms with Gasteiger partial charge in [-0.2, -0.15) is 0 Å². The molecule has 0 N–H and O–H groups in total. The van der Waals surface area contributed by atoms with E-state index < -0.39 is 9.84 Å². The van der Waals surface area contributed by atoms with Crippen LogP contribution in [0.15, 0.2) is 51.4 Å². The molecule has 3 fully saturated rings. The van der Waals surface area contributed by atoms with Gasteiger partial charge in [0, 0.05) is 7.11 Å². The monoisotopic (exact) mass is 509 g/mol. The molecule has 0 saturated heterocycles. The van der Waals surface area contributed by atoms with E-state index in [1.807, 2.05) is 19.1 Å². The number of aryl methyl sites for hydroxylation is 1. The van der Waals surface area contributed by atoms with Gasteiger partial charge in [0.15, 0.2) is 0 Å². The van der Waals surface area contributed by atoms with Gasteiger partial charge in [0.2, 0.25) is 9.84 Å². The summed E-state index contributed by atoms with van der Waals surface area (Å²) in [5, 5.41) is -0.0103. The lowest BCUT2D eigenvalue weighted by Gasteiger charge is -2.57. The average molecular weight is 510 g/mol. The molecule has 0 spiro atoms. The largest absolute Gasteiger partial charge is 0.359 e. The van der Waals surface area contributed by atoms with E-state index in [0.29, 0.717) is 31.0 Å². The summed E-state index contributed by atoms with van der Waals surface area (Å²) in [4.78, 5) is 3.93. The third kappa shape index (κ3) is 3.99. The molecule has 0 aliphatic heterocycles. The Morgan fingerprint density at radius 2 is 1.78 bits per heavy atom. The zero-order valence-corrected chi connectivity index (χ0v) is 22.9. The SMILES string of the molecule is [C-]#[N+]C(=C1CC[C@H]2[C@@H]3CC=C4C[C@@H](OCOC)CC[C@]4(C)[C@H]3CC[C@]12C)S(=O)(=O)c1ccc(C)cc1. The minimum atomic E-state index is -3.82. The fourth-order valence-corrected chi connectivity index (χ4v) is 9.71. The predicted octanol–water partition coefficient (Wildman–Crippen LogP) is 6.85. The average Bonchev–Trinajstić information content (AvgIpc) is 3.20. The first-order chi connectivity index (χ1) is 17.1. The van der Waals surface area contributed by atoms with Gasteiger partial charge in [0.25, 0.3) is 5.03 Å². The summed E-state index contributed by atoms with van der Waals surface area (Å²) in [6.07, 6.45) is 10.7. The summed E-state index contributed by atoms with van der Waals surface area (Å²) in [5.74, 6) is 1.58. The van der Waals surface area contributed by atoms with Gasteiger partial charge in [0.05, 0.1) is 17.6 Å². The number of hydrogen-bond acceptors (Lipinski definition) is 4. The molecule has 4 aliphatic rings. The lowest BCUT2D eigenvalue weighted by Crippen LogP contribution is -2.49. The van der Waals surface area contributed by atoms with E-state index >= 15 is 0 Å². The molecule has 6 atom stereocenters. The van der Waals surface area contributed by atoms with Crippen LogP contribution in [-0.4, -0.2) is 28.4 Å². The van der Waals surface area contributed by atoms with Gasteiger partial charge in [-0.3, -0.25) is 0 Å². The van der Waals surface area contributed by atoms with Crippen molar-refractivity contribution < 1.29 is 17.9 Å². The molecular weight excluding hydrogens is 470 g/mol. The van der Waals surface area contributed by atoms with Gasteiger partial charge in [-0.25, -0.2) is 13.3 Å². The van der Waals surface area contributed by atoms with E-state index in [0.717, 1.165) is 56.1 Å². The predicted molar refractivity (Wildman–Crippen MR) is 140 cm³/mol. The van der Waals surface area contributed by atoms with Gasteiger partial charge in [0.1, 0.15) is 6.79 Å². The van der Waals surface area contributed by atoms with Crippen molar-refractivity contribution in [1.82, 2.24) is 0 Å². The highest BCUT2D eigenvalue weighted by Crippen LogP contribution is 2.66. The Kier molecular flexibility index (Phi) is 6.72. The van der Waals surface area contributed by atoms with E-state index in [4.69, 9.17) is 16.0 Å². The number of sulfone groups is 1. The number of allylic oxidation sites excluding steroid dienone is 2. The fourth-order valence-electron chi connectivity index (χ4n) is 8.22. The molecule has 0 heterocycles. The molecule has 194 valence electrons. The van der Waals surface area contributed by atoms with Crippen molar-refractivity contribution in [2.24, 2.45) is 28.6 Å². The van der Waals surface area contributed by atoms with E-state index in [1.165, 1.54) is 0 Å². The minimum Gasteiger partial charge on any atom is -0.359 e. The molecule has 6 heteroatoms. The highest BCUT2D eigenvalue weighted by molar-refractivity contribution is 7.95. The van der Waals surface area contributed by atoms with Crippen molar-refractivity contribution in [2.45, 2.75) is 83.1 Å². The van der Waals surface area contributed by atoms with Crippen molar-refractivity contribution in [1.29, 1.82) is 0 Å². The number of methoxy groups -OCH3 is 1. The molecule has 0 aromatic heterocycles. The first-order valence-electron chi connectivity index (χ1n) is 13.4. The molecule has 5 rings (SSSR count). The molecule has 5 nitrogen and oxygen atoms in total. The van der Waals surface area contributed by atoms with Gasteiger partial charge in [-0.05, 0) is 105 Å². The summed E-state index contributed by atoms with van der Waals surface area (Å²) in [5.41, 5.74) is 3.42. The molecule has 1 aromatic carbocycles. The molecule has 0 bridgehead atoms. The maximum absolute atomic E-state index is 13.6. The Labute approximate surface area is 216 Å². The van der Waals surface area contributed by atoms with E-state index in [-0.39, 0.29) is 26.9 Å². The highest BCUT2D eigenvalue weighted by atomic mass is 32.2. The van der Waals surface area contributed by atoms with Crippen molar-refractivity contribution in [3.63, 3.8) is 0 Å². The Hall–Kier alpha value is -1.94. The summed E-state index contributed by atoms with van der Waals surface area (Å²) < 4.78 is 38.3. The number of ether oxygens (including phenoxy) is 2. The van der Waals surface area contributed by atoms with Crippen LogP contribution in [0.3, 0.4) is 0 Å². The summed E-state index contributed by atoms with van der Waals surface area (Å²) in [7, 11) is -2.15. The first kappa shape index (κ1) is 25.7. The lowest BCUT2D eigenvalue weighted by molar-refractivity contribution is -0.0942. The Morgan fingerprint density at radius 3 is 2.47 bits per heavy atom. The van der Waals surface area contributed by atoms with Crippen molar-refractivity contribution in [3.8, 4) is 0 Å². The van der Waals surface area contributed by atoms with E-state index in [9.17, 15) is 8.42 Å². The maximum atomic E-state index is 13.6. The summed E-state index contributed by atoms with van der Waals surface area (Å²) in [6.45, 7) is 14.9. The number of rotatable bonds is 5. The Balaban J connectivity index is 1.46. The first-order valence-corrected chi connectivity index (χ1v) is 14.9. The second-order valence-electron chi connectivity index (χ2n) is 11.9. The van der Waals surface area contributed by atoms with Crippen LogP contribution in [0.2, 0.25) is 0 Å². The topological polar surface area (TPSA) is 57.0 Å². The number of nitrogens with zero attached hydrogens (tertiary/aromatic N) is 1. The van der Waals surface area contributed by atoms with Crippen LogP contribution in [0, 0.1) is 42.1 Å². The third-order valence-corrected chi connectivity index (χ3v) is 11.9. The van der Waals surface area contributed by atoms with Crippen molar-refractivity contribution in [2.75, 3.05) is 13.9 Å². The van der Waals surface area contributed by atoms with Crippen LogP contribution in [0.4, 0.5) is 0 Å². The van der Waals surface area contributed by atoms with Crippen LogP contribution >= 0.6 is 0 Å². The molecule has 0 unspecified atom stereocenters. The second-order valence-corrected chi connectivity index (χ2v) is 13.8. The van der Waals surface area contributed by atoms with Crippen LogP contribution in [-0.2, 0) is 19.3 Å².